The maximum Gasteiger partial charge on any atom is 2.00 e. The summed E-state index contributed by atoms with van der Waals surface area (Å²) in [4.78, 5) is 0. The average Bonchev–Trinajstić information content (AvgIpc) is 1.50. The molecule has 0 saturated carbocycles. The van der Waals surface area contributed by atoms with Gasteiger partial charge < -0.3 is 13.8 Å². The molecule has 0 saturated heterocycles. The van der Waals surface area contributed by atoms with Gasteiger partial charge in [-0.3, -0.25) is 0 Å². The fraction of sp³-hybridized carbons (Fsp3) is 0.500. The monoisotopic (exact) mass is 114 g/mol. The molecule has 0 radical (unpaired) electrons. The van der Waals surface area contributed by atoms with Crippen molar-refractivity contribution in [2.45, 2.75) is 13.8 Å². The molecular weight excluding hydrogens is 104 g/mol. The number of rotatable bonds is 0. The predicted molar refractivity (Wildman–Crippen MR) is 22.1 cm³/mol. The van der Waals surface area contributed by atoms with Crippen LogP contribution in [0.2, 0.25) is 0 Å². The van der Waals surface area contributed by atoms with Crippen molar-refractivity contribution in [1.29, 1.82) is 0 Å². The first-order valence-corrected chi connectivity index (χ1v) is 1.41. The van der Waals surface area contributed by atoms with Crippen LogP contribution in [0, 0.1) is 13.8 Å². The molecule has 0 aromatic heterocycles. The first-order valence-electron chi connectivity index (χ1n) is 1.41. The van der Waals surface area contributed by atoms with Gasteiger partial charge in [0.2, 0.25) is 0 Å². The molecule has 0 spiro atoms. The minimum Gasteiger partial charge on any atom is -0.346 e. The zero-order valence-electron chi connectivity index (χ0n) is 3.77. The summed E-state index contributed by atoms with van der Waals surface area (Å²) in [5.41, 5.74) is 0. The Morgan fingerprint density at radius 2 is 0.800 bits per heavy atom. The molecule has 34 valence electrons. The van der Waals surface area contributed by atoms with Gasteiger partial charge in [0.05, 0.1) is 0 Å². The topological polar surface area (TPSA) is 0 Å². The summed E-state index contributed by atoms with van der Waals surface area (Å²) in [6, 6.07) is 0. The van der Waals surface area contributed by atoms with Gasteiger partial charge >= 0.3 is 17.1 Å². The van der Waals surface area contributed by atoms with E-state index in [9.17, 15) is 0 Å². The fourth-order valence-electron chi connectivity index (χ4n) is 0. The Morgan fingerprint density at radius 3 is 0.800 bits per heavy atom. The van der Waals surface area contributed by atoms with E-state index in [1.54, 1.807) is 13.8 Å². The standard InChI is InChI=1S/2C2H5.Fe/c2*1-2;/h2*1H2,2H3;/q2*-1;+2. The van der Waals surface area contributed by atoms with Crippen LogP contribution in [0.25, 0.3) is 0 Å². The van der Waals surface area contributed by atoms with Gasteiger partial charge in [0.1, 0.15) is 0 Å². The summed E-state index contributed by atoms with van der Waals surface area (Å²) in [6.07, 6.45) is 0. The molecule has 0 unspecified atom stereocenters. The van der Waals surface area contributed by atoms with Gasteiger partial charge in [-0.05, 0) is 0 Å². The Morgan fingerprint density at radius 1 is 0.800 bits per heavy atom. The van der Waals surface area contributed by atoms with Gasteiger partial charge in [-0.15, -0.1) is 0 Å². The van der Waals surface area contributed by atoms with Gasteiger partial charge in [-0.25, -0.2) is 0 Å². The Bertz CT molecular complexity index is 3.61. The van der Waals surface area contributed by atoms with Gasteiger partial charge in [-0.2, -0.15) is 13.8 Å². The maximum absolute atomic E-state index is 3.25. The van der Waals surface area contributed by atoms with Crippen molar-refractivity contribution in [1.82, 2.24) is 0 Å². The molecule has 0 atom stereocenters. The van der Waals surface area contributed by atoms with E-state index in [1.165, 1.54) is 0 Å². The predicted octanol–water partition coefficient (Wildman–Crippen LogP) is 1.68. The van der Waals surface area contributed by atoms with E-state index in [2.05, 4.69) is 13.8 Å². The fourth-order valence-corrected chi connectivity index (χ4v) is 0. The molecule has 0 fully saturated rings. The second kappa shape index (κ2) is 207. The summed E-state index contributed by atoms with van der Waals surface area (Å²) < 4.78 is 0. The maximum atomic E-state index is 3.25. The molecule has 0 bridgehead atoms. The van der Waals surface area contributed by atoms with Gasteiger partial charge in [0, 0.05) is 0 Å². The molecule has 0 aliphatic heterocycles. The summed E-state index contributed by atoms with van der Waals surface area (Å²) in [7, 11) is 0. The zero-order valence-corrected chi connectivity index (χ0v) is 4.87. The van der Waals surface area contributed by atoms with E-state index in [0.29, 0.717) is 0 Å². The van der Waals surface area contributed by atoms with Crippen LogP contribution in [0.3, 0.4) is 0 Å². The molecule has 0 rings (SSSR count). The van der Waals surface area contributed by atoms with Crippen LogP contribution >= 0.6 is 0 Å². The third-order valence-electron chi connectivity index (χ3n) is 0. The molecule has 0 aromatic carbocycles. The van der Waals surface area contributed by atoms with Crippen molar-refractivity contribution in [3.63, 3.8) is 0 Å². The van der Waals surface area contributed by atoms with Crippen LogP contribution in [-0.2, 0) is 17.1 Å². The van der Waals surface area contributed by atoms with Crippen molar-refractivity contribution >= 4 is 0 Å². The van der Waals surface area contributed by atoms with Crippen molar-refractivity contribution in [2.75, 3.05) is 0 Å². The van der Waals surface area contributed by atoms with E-state index >= 15 is 0 Å². The first kappa shape index (κ1) is 17.8. The third kappa shape index (κ3) is 106. The van der Waals surface area contributed by atoms with Crippen LogP contribution in [0.4, 0.5) is 0 Å². The second-order valence-corrected chi connectivity index (χ2v) is 0. The molecule has 1 heteroatoms. The molecule has 0 amide bonds. The second-order valence-electron chi connectivity index (χ2n) is 0. The number of hydrogen-bond donors (Lipinski definition) is 0. The largest absolute Gasteiger partial charge is 2.00 e. The van der Waals surface area contributed by atoms with E-state index in [4.69, 9.17) is 0 Å². The van der Waals surface area contributed by atoms with Crippen LogP contribution < -0.4 is 0 Å². The SMILES string of the molecule is [CH2-]C.[CH2-]C.[Fe+2]. The number of hydrogen-bond acceptors (Lipinski definition) is 0. The summed E-state index contributed by atoms with van der Waals surface area (Å²) in [5, 5.41) is 0. The smallest absolute Gasteiger partial charge is 0.346 e. The molecule has 0 nitrogen and oxygen atoms in total. The van der Waals surface area contributed by atoms with E-state index in [-0.39, 0.29) is 17.1 Å². The van der Waals surface area contributed by atoms with Gasteiger partial charge in [-0.1, -0.05) is 0 Å². The summed E-state index contributed by atoms with van der Waals surface area (Å²) >= 11 is 0. The molecule has 0 aliphatic rings. The molecule has 0 N–H and O–H groups in total. The van der Waals surface area contributed by atoms with Crippen LogP contribution in [0.15, 0.2) is 0 Å². The van der Waals surface area contributed by atoms with Crippen molar-refractivity contribution in [3.05, 3.63) is 13.8 Å². The van der Waals surface area contributed by atoms with Gasteiger partial charge in [0.15, 0.2) is 0 Å². The van der Waals surface area contributed by atoms with E-state index < -0.39 is 0 Å². The minimum atomic E-state index is 0. The quantitative estimate of drug-likeness (QED) is 0.332. The van der Waals surface area contributed by atoms with Crippen LogP contribution in [0.1, 0.15) is 13.8 Å². The Hall–Kier alpha value is 0.519. The first-order chi connectivity index (χ1) is 2.00. The van der Waals surface area contributed by atoms with Crippen molar-refractivity contribution < 1.29 is 17.1 Å². The Kier molecular flexibility index (Phi) is 737. The van der Waals surface area contributed by atoms with Crippen molar-refractivity contribution in [2.24, 2.45) is 0 Å². The Labute approximate surface area is 45.4 Å². The average molecular weight is 114 g/mol. The molecular formula is C4H10Fe. The van der Waals surface area contributed by atoms with Crippen molar-refractivity contribution in [3.8, 4) is 0 Å². The molecule has 0 aliphatic carbocycles. The molecule has 5 heavy (non-hydrogen) atoms. The molecule has 0 heterocycles. The van der Waals surface area contributed by atoms with Gasteiger partial charge in [0.25, 0.3) is 0 Å². The summed E-state index contributed by atoms with van der Waals surface area (Å²) in [6.45, 7) is 10.0. The molecule has 0 aromatic rings. The third-order valence-corrected chi connectivity index (χ3v) is 0. The van der Waals surface area contributed by atoms with Crippen LogP contribution in [-0.4, -0.2) is 0 Å². The Balaban J connectivity index is -0.0000000133. The normalized spacial score (nSPS) is 2.40. The van der Waals surface area contributed by atoms with E-state index in [1.807, 2.05) is 0 Å². The minimum absolute atomic E-state index is 0. The zero-order chi connectivity index (χ0) is 4.00. The van der Waals surface area contributed by atoms with Crippen LogP contribution in [0.5, 0.6) is 0 Å². The summed E-state index contributed by atoms with van der Waals surface area (Å²) in [5.74, 6) is 0. The van der Waals surface area contributed by atoms with E-state index in [0.717, 1.165) is 0 Å².